The largest absolute Gasteiger partial charge is 0.497 e. The van der Waals surface area contributed by atoms with Crippen LogP contribution in [0.2, 0.25) is 0 Å². The Morgan fingerprint density at radius 3 is 2.68 bits per heavy atom. The second-order valence-electron chi connectivity index (χ2n) is 4.24. The average molecular weight is 314 g/mol. The van der Waals surface area contributed by atoms with Crippen molar-refractivity contribution in [2.75, 3.05) is 7.11 Å². The van der Waals surface area contributed by atoms with Crippen molar-refractivity contribution in [2.45, 2.75) is 0 Å². The number of methoxy groups -OCH3 is 1. The van der Waals surface area contributed by atoms with Gasteiger partial charge >= 0.3 is 0 Å². The van der Waals surface area contributed by atoms with Crippen LogP contribution in [0.5, 0.6) is 5.75 Å². The van der Waals surface area contributed by atoms with Gasteiger partial charge in [0.15, 0.2) is 0 Å². The summed E-state index contributed by atoms with van der Waals surface area (Å²) in [4.78, 5) is 4.72. The molecule has 0 spiro atoms. The van der Waals surface area contributed by atoms with Crippen LogP contribution >= 0.6 is 15.9 Å². The van der Waals surface area contributed by atoms with Gasteiger partial charge in [-0.05, 0) is 40.2 Å². The molecule has 0 aliphatic heterocycles. The molecule has 0 aliphatic carbocycles. The smallest absolute Gasteiger partial charge is 0.119 e. The highest BCUT2D eigenvalue weighted by Gasteiger charge is 2.07. The van der Waals surface area contributed by atoms with Crippen molar-refractivity contribution in [1.82, 2.24) is 4.98 Å². The maximum absolute atomic E-state index is 5.26. The molecule has 2 aromatic carbocycles. The summed E-state index contributed by atoms with van der Waals surface area (Å²) < 4.78 is 6.25. The lowest BCUT2D eigenvalue weighted by atomic mass is 10.1. The van der Waals surface area contributed by atoms with Gasteiger partial charge in [-0.3, -0.25) is 0 Å². The molecular weight excluding hydrogens is 302 g/mol. The second-order valence-corrected chi connectivity index (χ2v) is 5.10. The zero-order chi connectivity index (χ0) is 13.2. The summed E-state index contributed by atoms with van der Waals surface area (Å²) in [6.07, 6.45) is 0. The standard InChI is InChI=1S/C16H12BrNO/c1-19-13-7-4-6-12(9-13)16-14(17)10-11-5-2-3-8-15(11)18-16/h2-10H,1H3. The van der Waals surface area contributed by atoms with Crippen molar-refractivity contribution in [3.8, 4) is 17.0 Å². The molecular formula is C16H12BrNO. The molecule has 3 rings (SSSR count). The predicted octanol–water partition coefficient (Wildman–Crippen LogP) is 4.67. The van der Waals surface area contributed by atoms with E-state index >= 15 is 0 Å². The van der Waals surface area contributed by atoms with Gasteiger partial charge in [-0.1, -0.05) is 30.3 Å². The number of hydrogen-bond acceptors (Lipinski definition) is 2. The van der Waals surface area contributed by atoms with E-state index in [1.54, 1.807) is 7.11 Å². The number of aromatic nitrogens is 1. The summed E-state index contributed by atoms with van der Waals surface area (Å²) in [5.74, 6) is 0.833. The van der Waals surface area contributed by atoms with Crippen molar-refractivity contribution < 1.29 is 4.74 Å². The third-order valence-electron chi connectivity index (χ3n) is 3.02. The lowest BCUT2D eigenvalue weighted by Gasteiger charge is -2.08. The minimum atomic E-state index is 0.833. The fraction of sp³-hybridized carbons (Fsp3) is 0.0625. The van der Waals surface area contributed by atoms with Gasteiger partial charge in [0.1, 0.15) is 5.75 Å². The van der Waals surface area contributed by atoms with E-state index in [9.17, 15) is 0 Å². The zero-order valence-electron chi connectivity index (χ0n) is 10.4. The van der Waals surface area contributed by atoms with E-state index in [4.69, 9.17) is 9.72 Å². The minimum Gasteiger partial charge on any atom is -0.497 e. The Labute approximate surface area is 120 Å². The number of nitrogens with zero attached hydrogens (tertiary/aromatic N) is 1. The molecule has 0 radical (unpaired) electrons. The van der Waals surface area contributed by atoms with Gasteiger partial charge in [0, 0.05) is 15.4 Å². The van der Waals surface area contributed by atoms with Crippen LogP contribution in [0.4, 0.5) is 0 Å². The fourth-order valence-corrected chi connectivity index (χ4v) is 2.63. The Hall–Kier alpha value is -1.87. The Bertz CT molecular complexity index is 740. The first-order chi connectivity index (χ1) is 9.28. The first-order valence-corrected chi connectivity index (χ1v) is 6.77. The quantitative estimate of drug-likeness (QED) is 0.685. The van der Waals surface area contributed by atoms with Gasteiger partial charge in [0.2, 0.25) is 0 Å². The molecule has 0 fully saturated rings. The van der Waals surface area contributed by atoms with Gasteiger partial charge in [0.05, 0.1) is 18.3 Å². The zero-order valence-corrected chi connectivity index (χ0v) is 12.0. The molecule has 0 atom stereocenters. The van der Waals surface area contributed by atoms with Gasteiger partial charge < -0.3 is 4.74 Å². The molecule has 1 heterocycles. The number of fused-ring (bicyclic) bond motifs is 1. The third-order valence-corrected chi connectivity index (χ3v) is 3.63. The number of hydrogen-bond donors (Lipinski definition) is 0. The molecule has 0 N–H and O–H groups in total. The molecule has 0 saturated carbocycles. The van der Waals surface area contributed by atoms with E-state index in [2.05, 4.69) is 28.1 Å². The summed E-state index contributed by atoms with van der Waals surface area (Å²) in [5, 5.41) is 1.13. The fourth-order valence-electron chi connectivity index (χ4n) is 2.06. The number of rotatable bonds is 2. The highest BCUT2D eigenvalue weighted by Crippen LogP contribution is 2.31. The van der Waals surface area contributed by atoms with Crippen molar-refractivity contribution in [1.29, 1.82) is 0 Å². The van der Waals surface area contributed by atoms with E-state index in [-0.39, 0.29) is 0 Å². The molecule has 0 aliphatic rings. The number of benzene rings is 2. The Morgan fingerprint density at radius 2 is 1.84 bits per heavy atom. The highest BCUT2D eigenvalue weighted by molar-refractivity contribution is 9.10. The molecule has 3 heteroatoms. The van der Waals surface area contributed by atoms with E-state index in [1.165, 1.54) is 0 Å². The molecule has 2 nitrogen and oxygen atoms in total. The normalized spacial score (nSPS) is 10.6. The summed E-state index contributed by atoms with van der Waals surface area (Å²) in [6.45, 7) is 0. The van der Waals surface area contributed by atoms with Crippen LogP contribution in [-0.4, -0.2) is 12.1 Å². The SMILES string of the molecule is COc1cccc(-c2nc3ccccc3cc2Br)c1. The predicted molar refractivity (Wildman–Crippen MR) is 81.4 cm³/mol. The number of pyridine rings is 1. The molecule has 94 valence electrons. The van der Waals surface area contributed by atoms with Crippen LogP contribution < -0.4 is 4.74 Å². The average Bonchev–Trinajstić information content (AvgIpc) is 2.46. The first-order valence-electron chi connectivity index (χ1n) is 5.97. The van der Waals surface area contributed by atoms with Crippen molar-refractivity contribution in [2.24, 2.45) is 0 Å². The van der Waals surface area contributed by atoms with E-state index in [0.29, 0.717) is 0 Å². The molecule has 0 unspecified atom stereocenters. The molecule has 0 amide bonds. The highest BCUT2D eigenvalue weighted by atomic mass is 79.9. The van der Waals surface area contributed by atoms with Crippen molar-refractivity contribution in [3.63, 3.8) is 0 Å². The molecule has 3 aromatic rings. The monoisotopic (exact) mass is 313 g/mol. The lowest BCUT2D eigenvalue weighted by Crippen LogP contribution is -1.89. The summed E-state index contributed by atoms with van der Waals surface area (Å²) in [7, 11) is 1.67. The second kappa shape index (κ2) is 5.02. The summed E-state index contributed by atoms with van der Waals surface area (Å²) in [5.41, 5.74) is 2.96. The number of halogens is 1. The van der Waals surface area contributed by atoms with Gasteiger partial charge in [-0.2, -0.15) is 0 Å². The summed E-state index contributed by atoms with van der Waals surface area (Å²) >= 11 is 3.60. The topological polar surface area (TPSA) is 22.1 Å². The van der Waals surface area contributed by atoms with Crippen LogP contribution in [0.3, 0.4) is 0 Å². The van der Waals surface area contributed by atoms with Crippen LogP contribution in [0.25, 0.3) is 22.2 Å². The third kappa shape index (κ3) is 2.34. The Kier molecular flexibility index (Phi) is 3.22. The van der Waals surface area contributed by atoms with Gasteiger partial charge in [0.25, 0.3) is 0 Å². The molecule has 0 bridgehead atoms. The van der Waals surface area contributed by atoms with Crippen LogP contribution in [-0.2, 0) is 0 Å². The Morgan fingerprint density at radius 1 is 1.00 bits per heavy atom. The molecule has 19 heavy (non-hydrogen) atoms. The van der Waals surface area contributed by atoms with E-state index in [0.717, 1.165) is 32.4 Å². The van der Waals surface area contributed by atoms with Gasteiger partial charge in [-0.15, -0.1) is 0 Å². The van der Waals surface area contributed by atoms with Crippen molar-refractivity contribution in [3.05, 3.63) is 59.1 Å². The molecule has 0 saturated heterocycles. The number of ether oxygens (including phenoxy) is 1. The van der Waals surface area contributed by atoms with E-state index < -0.39 is 0 Å². The first kappa shape index (κ1) is 12.2. The Balaban J connectivity index is 2.20. The lowest BCUT2D eigenvalue weighted by molar-refractivity contribution is 0.415. The minimum absolute atomic E-state index is 0.833. The van der Waals surface area contributed by atoms with Crippen LogP contribution in [0.15, 0.2) is 59.1 Å². The maximum Gasteiger partial charge on any atom is 0.119 e. The molecule has 1 aromatic heterocycles. The van der Waals surface area contributed by atoms with Gasteiger partial charge in [-0.25, -0.2) is 4.98 Å². The number of para-hydroxylation sites is 1. The van der Waals surface area contributed by atoms with Crippen LogP contribution in [0.1, 0.15) is 0 Å². The summed E-state index contributed by atoms with van der Waals surface area (Å²) in [6, 6.07) is 18.1. The van der Waals surface area contributed by atoms with Crippen LogP contribution in [0, 0.1) is 0 Å². The maximum atomic E-state index is 5.26. The van der Waals surface area contributed by atoms with E-state index in [1.807, 2.05) is 42.5 Å². The van der Waals surface area contributed by atoms with Crippen molar-refractivity contribution >= 4 is 26.8 Å².